The molecule has 10 heteroatoms. The van der Waals surface area contributed by atoms with Crippen molar-refractivity contribution in [1.82, 2.24) is 20.1 Å². The van der Waals surface area contributed by atoms with E-state index < -0.39 is 34.8 Å². The fourth-order valence-corrected chi connectivity index (χ4v) is 4.73. The Morgan fingerprint density at radius 1 is 1.25 bits per heavy atom. The second-order valence-corrected chi connectivity index (χ2v) is 11.8. The number of aryl methyl sites for hydroxylation is 1. The maximum absolute atomic E-state index is 15.3. The van der Waals surface area contributed by atoms with Gasteiger partial charge in [-0.2, -0.15) is 5.10 Å². The van der Waals surface area contributed by atoms with E-state index in [-0.39, 0.29) is 29.5 Å². The molecule has 1 fully saturated rings. The summed E-state index contributed by atoms with van der Waals surface area (Å²) in [4.78, 5) is 17.7. The highest BCUT2D eigenvalue weighted by Crippen LogP contribution is 2.39. The standard InChI is InChI=1S/C26H38F3N5O2/c1-15-13-26(9-10-30-15,23(35)36-25(6,7)8)14-18-21(27)17(22(28)29)12-19(31-18)32-20-11-16(2)34(33-20)24(3,4)5/h11-12,15,22,30H,9-10,13-14H2,1-8H3,(H,31,32,33)/t15-,26-/m1/s1. The number of ether oxygens (including phenoxy) is 1. The Kier molecular flexibility index (Phi) is 7.79. The van der Waals surface area contributed by atoms with Crippen molar-refractivity contribution in [1.29, 1.82) is 0 Å². The minimum Gasteiger partial charge on any atom is -0.460 e. The number of hydrogen-bond donors (Lipinski definition) is 2. The van der Waals surface area contributed by atoms with E-state index in [1.54, 1.807) is 26.8 Å². The summed E-state index contributed by atoms with van der Waals surface area (Å²) < 4.78 is 50.5. The van der Waals surface area contributed by atoms with E-state index in [2.05, 4.69) is 20.7 Å². The summed E-state index contributed by atoms with van der Waals surface area (Å²) in [7, 11) is 0. The van der Waals surface area contributed by atoms with Gasteiger partial charge >= 0.3 is 5.97 Å². The number of carbonyl (C=O) groups is 1. The van der Waals surface area contributed by atoms with Crippen LogP contribution in [0, 0.1) is 18.2 Å². The summed E-state index contributed by atoms with van der Waals surface area (Å²) in [5, 5.41) is 10.8. The molecule has 7 nitrogen and oxygen atoms in total. The monoisotopic (exact) mass is 509 g/mol. The average Bonchev–Trinajstić information content (AvgIpc) is 3.09. The van der Waals surface area contributed by atoms with Gasteiger partial charge in [-0.1, -0.05) is 0 Å². The Bertz CT molecular complexity index is 1100. The topological polar surface area (TPSA) is 81.1 Å². The summed E-state index contributed by atoms with van der Waals surface area (Å²) in [6, 6.07) is 2.74. The first kappa shape index (κ1) is 28.0. The molecule has 2 atom stereocenters. The van der Waals surface area contributed by atoms with E-state index >= 15 is 4.39 Å². The quantitative estimate of drug-likeness (QED) is 0.479. The first-order chi connectivity index (χ1) is 16.5. The first-order valence-corrected chi connectivity index (χ1v) is 12.3. The zero-order valence-electron chi connectivity index (χ0n) is 22.4. The molecule has 200 valence electrons. The number of hydrogen-bond acceptors (Lipinski definition) is 6. The summed E-state index contributed by atoms with van der Waals surface area (Å²) in [5.74, 6) is -1.12. The first-order valence-electron chi connectivity index (χ1n) is 12.3. The average molecular weight is 510 g/mol. The number of nitrogens with one attached hydrogen (secondary N) is 2. The number of esters is 1. The van der Waals surface area contributed by atoms with Crippen LogP contribution in [0.2, 0.25) is 0 Å². The Hall–Kier alpha value is -2.62. The van der Waals surface area contributed by atoms with Crippen LogP contribution in [0.3, 0.4) is 0 Å². The lowest BCUT2D eigenvalue weighted by Gasteiger charge is -2.40. The molecule has 1 aliphatic rings. The van der Waals surface area contributed by atoms with Gasteiger partial charge in [0.25, 0.3) is 6.43 Å². The SMILES string of the molecule is Cc1cc(Nc2cc(C(F)F)c(F)c(C[C@@]3(C(=O)OC(C)(C)C)CCN[C@H](C)C3)n2)nn1C(C)(C)C. The van der Waals surface area contributed by atoms with E-state index in [9.17, 15) is 13.6 Å². The third-order valence-electron chi connectivity index (χ3n) is 6.20. The van der Waals surface area contributed by atoms with Crippen LogP contribution in [0.4, 0.5) is 24.8 Å². The molecular weight excluding hydrogens is 471 g/mol. The molecule has 3 heterocycles. The Morgan fingerprint density at radius 3 is 2.44 bits per heavy atom. The Balaban J connectivity index is 2.03. The largest absolute Gasteiger partial charge is 0.460 e. The van der Waals surface area contributed by atoms with Crippen LogP contribution >= 0.6 is 0 Å². The van der Waals surface area contributed by atoms with Gasteiger partial charge < -0.3 is 15.4 Å². The van der Waals surface area contributed by atoms with Crippen LogP contribution in [0.5, 0.6) is 0 Å². The molecule has 0 radical (unpaired) electrons. The second-order valence-electron chi connectivity index (χ2n) is 11.8. The maximum Gasteiger partial charge on any atom is 0.313 e. The van der Waals surface area contributed by atoms with E-state index in [0.717, 1.165) is 11.8 Å². The highest BCUT2D eigenvalue weighted by Gasteiger charge is 2.45. The second kappa shape index (κ2) is 10.0. The lowest BCUT2D eigenvalue weighted by atomic mass is 9.72. The lowest BCUT2D eigenvalue weighted by molar-refractivity contribution is -0.170. The van der Waals surface area contributed by atoms with Crippen molar-refractivity contribution in [3.8, 4) is 0 Å². The zero-order valence-corrected chi connectivity index (χ0v) is 22.4. The number of halogens is 3. The van der Waals surface area contributed by atoms with Crippen molar-refractivity contribution in [2.45, 2.75) is 98.3 Å². The highest BCUT2D eigenvalue weighted by molar-refractivity contribution is 5.78. The molecule has 2 aromatic heterocycles. The van der Waals surface area contributed by atoms with Crippen LogP contribution in [0.25, 0.3) is 0 Å². The summed E-state index contributed by atoms with van der Waals surface area (Å²) >= 11 is 0. The molecule has 0 amide bonds. The smallest absolute Gasteiger partial charge is 0.313 e. The molecule has 0 saturated carbocycles. The molecule has 0 spiro atoms. The van der Waals surface area contributed by atoms with Crippen molar-refractivity contribution < 1.29 is 22.7 Å². The van der Waals surface area contributed by atoms with E-state index in [1.165, 1.54) is 0 Å². The number of rotatable bonds is 6. The Morgan fingerprint density at radius 2 is 1.92 bits per heavy atom. The minimum atomic E-state index is -3.05. The van der Waals surface area contributed by atoms with Crippen molar-refractivity contribution >= 4 is 17.6 Å². The number of pyridine rings is 1. The van der Waals surface area contributed by atoms with Crippen LogP contribution in [0.1, 0.15) is 84.7 Å². The van der Waals surface area contributed by atoms with Crippen LogP contribution in [0.15, 0.2) is 12.1 Å². The minimum absolute atomic E-state index is 0.0328. The van der Waals surface area contributed by atoms with Gasteiger partial charge in [-0.25, -0.2) is 18.2 Å². The molecule has 0 aliphatic carbocycles. The number of alkyl halides is 2. The number of aromatic nitrogens is 3. The third-order valence-corrected chi connectivity index (χ3v) is 6.20. The van der Waals surface area contributed by atoms with Crippen LogP contribution in [-0.2, 0) is 21.5 Å². The van der Waals surface area contributed by atoms with Crippen LogP contribution < -0.4 is 10.6 Å². The third kappa shape index (κ3) is 6.38. The van der Waals surface area contributed by atoms with Crippen molar-refractivity contribution in [3.63, 3.8) is 0 Å². The number of nitrogens with zero attached hydrogens (tertiary/aromatic N) is 3. The zero-order chi connectivity index (χ0) is 27.1. The normalized spacial score (nSPS) is 21.1. The van der Waals surface area contributed by atoms with Gasteiger partial charge in [-0.05, 0) is 80.8 Å². The molecule has 36 heavy (non-hydrogen) atoms. The van der Waals surface area contributed by atoms with E-state index in [0.29, 0.717) is 25.2 Å². The number of carbonyl (C=O) groups excluding carboxylic acids is 1. The molecule has 0 bridgehead atoms. The van der Waals surface area contributed by atoms with Crippen molar-refractivity contribution in [2.75, 3.05) is 11.9 Å². The summed E-state index contributed by atoms with van der Waals surface area (Å²) in [5.41, 5.74) is -2.21. The van der Waals surface area contributed by atoms with Gasteiger partial charge in [0.2, 0.25) is 0 Å². The fourth-order valence-electron chi connectivity index (χ4n) is 4.73. The number of piperidine rings is 1. The molecule has 1 aliphatic heterocycles. The van der Waals surface area contributed by atoms with Gasteiger partial charge in [0, 0.05) is 24.2 Å². The summed E-state index contributed by atoms with van der Waals surface area (Å²) in [6.07, 6.45) is -2.44. The van der Waals surface area contributed by atoms with Crippen LogP contribution in [-0.4, -0.2) is 38.9 Å². The lowest BCUT2D eigenvalue weighted by Crippen LogP contribution is -2.50. The van der Waals surface area contributed by atoms with Gasteiger partial charge in [0.1, 0.15) is 11.4 Å². The maximum atomic E-state index is 15.3. The molecule has 2 N–H and O–H groups in total. The highest BCUT2D eigenvalue weighted by atomic mass is 19.3. The van der Waals surface area contributed by atoms with Gasteiger partial charge in [-0.3, -0.25) is 9.48 Å². The molecule has 0 unspecified atom stereocenters. The summed E-state index contributed by atoms with van der Waals surface area (Å²) in [6.45, 7) is 15.6. The van der Waals surface area contributed by atoms with Gasteiger partial charge in [-0.15, -0.1) is 0 Å². The van der Waals surface area contributed by atoms with E-state index in [1.807, 2.05) is 39.3 Å². The van der Waals surface area contributed by atoms with Gasteiger partial charge in [0.05, 0.1) is 22.2 Å². The van der Waals surface area contributed by atoms with E-state index in [4.69, 9.17) is 4.74 Å². The van der Waals surface area contributed by atoms with Gasteiger partial charge in [0.15, 0.2) is 11.6 Å². The molecule has 0 aromatic carbocycles. The molecular formula is C26H38F3N5O2. The van der Waals surface area contributed by atoms with Crippen molar-refractivity contribution in [2.24, 2.45) is 5.41 Å². The number of anilines is 2. The molecule has 2 aromatic rings. The fraction of sp³-hybridized carbons (Fsp3) is 0.654. The predicted octanol–water partition coefficient (Wildman–Crippen LogP) is 5.80. The molecule has 3 rings (SSSR count). The van der Waals surface area contributed by atoms with Crippen molar-refractivity contribution in [3.05, 3.63) is 34.9 Å². The molecule has 1 saturated heterocycles. The predicted molar refractivity (Wildman–Crippen MR) is 133 cm³/mol. The Labute approximate surface area is 211 Å².